The van der Waals surface area contributed by atoms with Crippen LogP contribution in [0.15, 0.2) is 65.0 Å². The molecule has 6 heteroatoms. The van der Waals surface area contributed by atoms with Gasteiger partial charge in [-0.1, -0.05) is 29.8 Å². The van der Waals surface area contributed by atoms with Gasteiger partial charge < -0.3 is 4.57 Å². The van der Waals surface area contributed by atoms with E-state index in [1.165, 1.54) is 0 Å². The van der Waals surface area contributed by atoms with E-state index in [2.05, 4.69) is 5.10 Å². The van der Waals surface area contributed by atoms with Crippen molar-refractivity contribution in [1.29, 1.82) is 0 Å². The van der Waals surface area contributed by atoms with Gasteiger partial charge in [0, 0.05) is 17.4 Å². The van der Waals surface area contributed by atoms with Crippen LogP contribution in [0.2, 0.25) is 5.02 Å². The van der Waals surface area contributed by atoms with Crippen LogP contribution in [0, 0.1) is 0 Å². The quantitative estimate of drug-likeness (QED) is 0.566. The number of hydrogen-bond acceptors (Lipinski definition) is 3. The molecule has 4 aromatic rings. The maximum atomic E-state index is 12.7. The van der Waals surface area contributed by atoms with Gasteiger partial charge in [-0.2, -0.15) is 5.10 Å². The Morgan fingerprint density at radius 2 is 2.04 bits per heavy atom. The molecular formula is C17H12ClN3OS. The van der Waals surface area contributed by atoms with E-state index in [0.717, 1.165) is 16.1 Å². The van der Waals surface area contributed by atoms with Gasteiger partial charge in [-0.15, -0.1) is 11.3 Å². The van der Waals surface area contributed by atoms with Crippen LogP contribution in [0.4, 0.5) is 0 Å². The Labute approximate surface area is 141 Å². The fourth-order valence-electron chi connectivity index (χ4n) is 2.53. The standard InChI is InChI=1S/C17H12ClN3OS/c18-13-4-1-3-12(9-13)11-20-6-7-21-15(17(20)22)10-14(19-21)16-5-2-8-23-16/h1-10H,11H2. The highest BCUT2D eigenvalue weighted by atomic mass is 35.5. The van der Waals surface area contributed by atoms with Gasteiger partial charge in [-0.25, -0.2) is 4.52 Å². The molecule has 0 bridgehead atoms. The summed E-state index contributed by atoms with van der Waals surface area (Å²) in [6.07, 6.45) is 3.56. The van der Waals surface area contributed by atoms with E-state index in [1.54, 1.807) is 32.8 Å². The third-order valence-electron chi connectivity index (χ3n) is 3.62. The summed E-state index contributed by atoms with van der Waals surface area (Å²) in [5.41, 5.74) is 2.31. The van der Waals surface area contributed by atoms with Crippen molar-refractivity contribution in [2.24, 2.45) is 0 Å². The fraction of sp³-hybridized carbons (Fsp3) is 0.0588. The normalized spacial score (nSPS) is 11.2. The van der Waals surface area contributed by atoms with E-state index >= 15 is 0 Å². The van der Waals surface area contributed by atoms with Crippen molar-refractivity contribution in [3.05, 3.63) is 81.2 Å². The lowest BCUT2D eigenvalue weighted by Crippen LogP contribution is -2.21. The molecule has 0 aliphatic rings. The lowest BCUT2D eigenvalue weighted by atomic mass is 10.2. The van der Waals surface area contributed by atoms with Gasteiger partial charge >= 0.3 is 0 Å². The lowest BCUT2D eigenvalue weighted by Gasteiger charge is -2.06. The molecule has 0 saturated carbocycles. The summed E-state index contributed by atoms with van der Waals surface area (Å²) in [6, 6.07) is 13.3. The first-order chi connectivity index (χ1) is 11.2. The summed E-state index contributed by atoms with van der Waals surface area (Å²) in [5, 5.41) is 7.14. The Hall–Kier alpha value is -2.37. The number of hydrogen-bond donors (Lipinski definition) is 0. The zero-order chi connectivity index (χ0) is 15.8. The van der Waals surface area contributed by atoms with Crippen molar-refractivity contribution in [2.75, 3.05) is 0 Å². The van der Waals surface area contributed by atoms with Crippen molar-refractivity contribution in [3.8, 4) is 10.6 Å². The minimum absolute atomic E-state index is 0.0669. The topological polar surface area (TPSA) is 39.3 Å². The zero-order valence-electron chi connectivity index (χ0n) is 12.0. The van der Waals surface area contributed by atoms with Gasteiger partial charge in [0.05, 0.1) is 11.4 Å². The lowest BCUT2D eigenvalue weighted by molar-refractivity contribution is 0.743. The zero-order valence-corrected chi connectivity index (χ0v) is 13.6. The van der Waals surface area contributed by atoms with E-state index in [-0.39, 0.29) is 5.56 Å². The molecule has 0 aliphatic carbocycles. The number of aromatic nitrogens is 3. The molecule has 0 N–H and O–H groups in total. The second-order valence-electron chi connectivity index (χ2n) is 5.20. The van der Waals surface area contributed by atoms with Crippen molar-refractivity contribution >= 4 is 28.5 Å². The summed E-state index contributed by atoms with van der Waals surface area (Å²) in [5.74, 6) is 0. The first-order valence-electron chi connectivity index (χ1n) is 7.08. The molecule has 0 spiro atoms. The van der Waals surface area contributed by atoms with E-state index < -0.39 is 0 Å². The third kappa shape index (κ3) is 2.69. The molecule has 4 nitrogen and oxygen atoms in total. The largest absolute Gasteiger partial charge is 0.308 e. The summed E-state index contributed by atoms with van der Waals surface area (Å²) in [6.45, 7) is 0.482. The summed E-state index contributed by atoms with van der Waals surface area (Å²) >= 11 is 7.61. The number of nitrogens with zero attached hydrogens (tertiary/aromatic N) is 3. The Bertz CT molecular complexity index is 1030. The Morgan fingerprint density at radius 3 is 2.83 bits per heavy atom. The van der Waals surface area contributed by atoms with Gasteiger partial charge in [0.1, 0.15) is 11.2 Å². The first kappa shape index (κ1) is 14.2. The second kappa shape index (κ2) is 5.68. The fourth-order valence-corrected chi connectivity index (χ4v) is 3.42. The van der Waals surface area contributed by atoms with E-state index in [4.69, 9.17) is 11.6 Å². The van der Waals surface area contributed by atoms with Gasteiger partial charge in [-0.05, 0) is 35.2 Å². The summed E-state index contributed by atoms with van der Waals surface area (Å²) in [4.78, 5) is 13.7. The van der Waals surface area contributed by atoms with Crippen LogP contribution in [-0.2, 0) is 6.54 Å². The minimum Gasteiger partial charge on any atom is -0.308 e. The molecule has 0 radical (unpaired) electrons. The molecule has 114 valence electrons. The second-order valence-corrected chi connectivity index (χ2v) is 6.58. The van der Waals surface area contributed by atoms with Gasteiger partial charge in [-0.3, -0.25) is 4.79 Å². The van der Waals surface area contributed by atoms with E-state index in [0.29, 0.717) is 17.1 Å². The molecule has 0 unspecified atom stereocenters. The molecule has 3 aromatic heterocycles. The molecule has 0 atom stereocenters. The summed E-state index contributed by atoms with van der Waals surface area (Å²) < 4.78 is 3.30. The highest BCUT2D eigenvalue weighted by molar-refractivity contribution is 7.13. The number of fused-ring (bicyclic) bond motifs is 1. The number of benzene rings is 1. The smallest absolute Gasteiger partial charge is 0.276 e. The Morgan fingerprint density at radius 1 is 1.13 bits per heavy atom. The molecule has 4 rings (SSSR count). The monoisotopic (exact) mass is 341 g/mol. The predicted octanol–water partition coefficient (Wildman–Crippen LogP) is 3.93. The first-order valence-corrected chi connectivity index (χ1v) is 8.33. The molecule has 1 aromatic carbocycles. The van der Waals surface area contributed by atoms with Gasteiger partial charge in [0.15, 0.2) is 0 Å². The Kier molecular flexibility index (Phi) is 3.52. The average Bonchev–Trinajstić information content (AvgIpc) is 3.19. The maximum absolute atomic E-state index is 12.7. The summed E-state index contributed by atoms with van der Waals surface area (Å²) in [7, 11) is 0. The van der Waals surface area contributed by atoms with Crippen LogP contribution >= 0.6 is 22.9 Å². The van der Waals surface area contributed by atoms with Crippen molar-refractivity contribution in [2.45, 2.75) is 6.54 Å². The van der Waals surface area contributed by atoms with Crippen molar-refractivity contribution in [3.63, 3.8) is 0 Å². The Balaban J connectivity index is 1.77. The highest BCUT2D eigenvalue weighted by Gasteiger charge is 2.10. The van der Waals surface area contributed by atoms with Crippen LogP contribution in [0.25, 0.3) is 16.1 Å². The minimum atomic E-state index is -0.0669. The van der Waals surface area contributed by atoms with Crippen LogP contribution in [0.5, 0.6) is 0 Å². The molecule has 0 amide bonds. The van der Waals surface area contributed by atoms with Crippen LogP contribution in [-0.4, -0.2) is 14.2 Å². The molecular weight excluding hydrogens is 330 g/mol. The number of thiophene rings is 1. The molecule has 23 heavy (non-hydrogen) atoms. The third-order valence-corrected chi connectivity index (χ3v) is 4.75. The molecule has 0 saturated heterocycles. The van der Waals surface area contributed by atoms with Gasteiger partial charge in [0.2, 0.25) is 0 Å². The van der Waals surface area contributed by atoms with Crippen molar-refractivity contribution in [1.82, 2.24) is 14.2 Å². The van der Waals surface area contributed by atoms with Crippen LogP contribution < -0.4 is 5.56 Å². The van der Waals surface area contributed by atoms with Gasteiger partial charge in [0.25, 0.3) is 5.56 Å². The predicted molar refractivity (Wildman–Crippen MR) is 93.3 cm³/mol. The van der Waals surface area contributed by atoms with E-state index in [1.807, 2.05) is 47.8 Å². The number of halogens is 1. The molecule has 3 heterocycles. The average molecular weight is 342 g/mol. The molecule has 0 fully saturated rings. The van der Waals surface area contributed by atoms with Crippen LogP contribution in [0.1, 0.15) is 5.56 Å². The van der Waals surface area contributed by atoms with Crippen molar-refractivity contribution < 1.29 is 0 Å². The maximum Gasteiger partial charge on any atom is 0.276 e. The highest BCUT2D eigenvalue weighted by Crippen LogP contribution is 2.23. The molecule has 0 aliphatic heterocycles. The van der Waals surface area contributed by atoms with E-state index in [9.17, 15) is 4.79 Å². The SMILES string of the molecule is O=c1c2cc(-c3cccs3)nn2ccn1Cc1cccc(Cl)c1. The van der Waals surface area contributed by atoms with Crippen LogP contribution in [0.3, 0.4) is 0 Å². The number of rotatable bonds is 3.